The first-order chi connectivity index (χ1) is 13.8. The number of hydrogen-bond donors (Lipinski definition) is 2. The Morgan fingerprint density at radius 1 is 1.24 bits per heavy atom. The molecule has 2 N–H and O–H groups in total. The summed E-state index contributed by atoms with van der Waals surface area (Å²) in [5, 5.41) is 10.3. The molecule has 9 heteroatoms. The molecule has 0 spiro atoms. The molecule has 156 valence electrons. The summed E-state index contributed by atoms with van der Waals surface area (Å²) in [6, 6.07) is 2.34. The van der Waals surface area contributed by atoms with Crippen LogP contribution < -0.4 is 5.32 Å². The van der Waals surface area contributed by atoms with Crippen LogP contribution in [0, 0.1) is 12.7 Å². The Morgan fingerprint density at radius 2 is 1.97 bits per heavy atom. The summed E-state index contributed by atoms with van der Waals surface area (Å²) in [4.78, 5) is 14.5. The number of carbonyl (C=O) groups is 1. The van der Waals surface area contributed by atoms with Gasteiger partial charge in [0, 0.05) is 25.2 Å². The lowest BCUT2D eigenvalue weighted by molar-refractivity contribution is -0.140. The molecule has 0 saturated carbocycles. The zero-order valence-corrected chi connectivity index (χ0v) is 16.0. The molecule has 29 heavy (non-hydrogen) atoms. The van der Waals surface area contributed by atoms with Crippen LogP contribution in [0.2, 0.25) is 0 Å². The van der Waals surface area contributed by atoms with Crippen LogP contribution in [0.1, 0.15) is 57.2 Å². The van der Waals surface area contributed by atoms with Crippen molar-refractivity contribution in [2.45, 2.75) is 44.8 Å². The van der Waals surface area contributed by atoms with Crippen LogP contribution in [0.15, 0.2) is 12.1 Å². The van der Waals surface area contributed by atoms with Crippen LogP contribution in [0.5, 0.6) is 0 Å². The third-order valence-corrected chi connectivity index (χ3v) is 5.78. The van der Waals surface area contributed by atoms with Crippen molar-refractivity contribution in [3.63, 3.8) is 0 Å². The lowest BCUT2D eigenvalue weighted by Gasteiger charge is -2.33. The van der Waals surface area contributed by atoms with Gasteiger partial charge in [0.1, 0.15) is 5.82 Å². The quantitative estimate of drug-likeness (QED) is 0.745. The van der Waals surface area contributed by atoms with Gasteiger partial charge in [0.05, 0.1) is 11.3 Å². The molecule has 1 fully saturated rings. The highest BCUT2D eigenvalue weighted by Crippen LogP contribution is 2.41. The average Bonchev–Trinajstić information content (AvgIpc) is 3.10. The van der Waals surface area contributed by atoms with Gasteiger partial charge in [-0.3, -0.25) is 9.89 Å². The predicted octanol–water partition coefficient (Wildman–Crippen LogP) is 3.54. The van der Waals surface area contributed by atoms with Gasteiger partial charge in [-0.05, 0) is 55.8 Å². The zero-order valence-electron chi connectivity index (χ0n) is 16.0. The number of halogens is 4. The third kappa shape index (κ3) is 3.75. The molecular formula is C20H22F4N4O. The smallest absolute Gasteiger partial charge is 0.337 e. The molecular weight excluding hydrogens is 388 g/mol. The van der Waals surface area contributed by atoms with Gasteiger partial charge in [0.25, 0.3) is 5.91 Å². The molecule has 2 aromatic rings. The minimum atomic E-state index is -4.75. The number of likely N-dealkylation sites (tertiary alicyclic amines) is 1. The predicted molar refractivity (Wildman–Crippen MR) is 98.0 cm³/mol. The van der Waals surface area contributed by atoms with Crippen molar-refractivity contribution >= 4 is 5.91 Å². The standard InChI is InChI=1S/C20H22F4N4O/c1-11-8-14(17(15(21)9-11)20(22,23)24)12-3-6-28(7-4-12)19(29)18-13-2-5-25-10-16(13)26-27-18/h8-9,12,25H,2-7,10H2,1H3,(H,26,27). The number of piperidine rings is 1. The molecule has 1 saturated heterocycles. The van der Waals surface area contributed by atoms with Gasteiger partial charge in [0.2, 0.25) is 0 Å². The Morgan fingerprint density at radius 3 is 2.66 bits per heavy atom. The van der Waals surface area contributed by atoms with Crippen molar-refractivity contribution in [3.05, 3.63) is 51.6 Å². The molecule has 0 unspecified atom stereocenters. The normalized spacial score (nSPS) is 18.0. The number of H-pyrrole nitrogens is 1. The van der Waals surface area contributed by atoms with E-state index in [0.717, 1.165) is 23.9 Å². The summed E-state index contributed by atoms with van der Waals surface area (Å²) >= 11 is 0. The van der Waals surface area contributed by atoms with Crippen LogP contribution in [-0.2, 0) is 19.1 Å². The van der Waals surface area contributed by atoms with Crippen molar-refractivity contribution in [3.8, 4) is 0 Å². The maximum Gasteiger partial charge on any atom is 0.419 e. The second-order valence-corrected chi connectivity index (χ2v) is 7.73. The first kappa shape index (κ1) is 19.9. The lowest BCUT2D eigenvalue weighted by Crippen LogP contribution is -2.39. The van der Waals surface area contributed by atoms with Gasteiger partial charge in [-0.2, -0.15) is 18.3 Å². The number of aryl methyl sites for hydroxylation is 1. The molecule has 5 nitrogen and oxygen atoms in total. The van der Waals surface area contributed by atoms with E-state index in [9.17, 15) is 22.4 Å². The van der Waals surface area contributed by atoms with Crippen molar-refractivity contribution in [1.29, 1.82) is 0 Å². The summed E-state index contributed by atoms with van der Waals surface area (Å²) in [5.41, 5.74) is 1.49. The molecule has 0 atom stereocenters. The topological polar surface area (TPSA) is 61.0 Å². The average molecular weight is 410 g/mol. The molecule has 3 heterocycles. The van der Waals surface area contributed by atoms with E-state index in [1.54, 1.807) is 11.8 Å². The summed E-state index contributed by atoms with van der Waals surface area (Å²) in [6.07, 6.45) is -3.33. The van der Waals surface area contributed by atoms with E-state index in [4.69, 9.17) is 0 Å². The zero-order chi connectivity index (χ0) is 20.8. The summed E-state index contributed by atoms with van der Waals surface area (Å²) in [5.74, 6) is -1.88. The number of alkyl halides is 3. The van der Waals surface area contributed by atoms with Gasteiger partial charge in [-0.25, -0.2) is 4.39 Å². The van der Waals surface area contributed by atoms with E-state index < -0.39 is 23.5 Å². The first-order valence-corrected chi connectivity index (χ1v) is 9.69. The van der Waals surface area contributed by atoms with Gasteiger partial charge >= 0.3 is 6.18 Å². The number of nitrogens with one attached hydrogen (secondary N) is 2. The maximum absolute atomic E-state index is 14.1. The fraction of sp³-hybridized carbons (Fsp3) is 0.500. The monoisotopic (exact) mass is 410 g/mol. The van der Waals surface area contributed by atoms with E-state index in [-0.39, 0.29) is 11.5 Å². The third-order valence-electron chi connectivity index (χ3n) is 5.78. The minimum absolute atomic E-state index is 0.00896. The molecule has 4 rings (SSSR count). The van der Waals surface area contributed by atoms with Crippen LogP contribution in [-0.4, -0.2) is 40.6 Å². The Bertz CT molecular complexity index is 929. The second kappa shape index (κ2) is 7.44. The van der Waals surface area contributed by atoms with E-state index in [1.807, 2.05) is 0 Å². The maximum atomic E-state index is 14.1. The summed E-state index contributed by atoms with van der Waals surface area (Å²) < 4.78 is 54.4. The van der Waals surface area contributed by atoms with Crippen LogP contribution >= 0.6 is 0 Å². The highest BCUT2D eigenvalue weighted by molar-refractivity contribution is 5.94. The number of amides is 1. The number of benzene rings is 1. The molecule has 1 aromatic heterocycles. The second-order valence-electron chi connectivity index (χ2n) is 7.73. The SMILES string of the molecule is Cc1cc(F)c(C(F)(F)F)c(C2CCN(C(=O)c3n[nH]c4c3CCNC4)CC2)c1. The van der Waals surface area contributed by atoms with Crippen molar-refractivity contribution in [2.75, 3.05) is 19.6 Å². The molecule has 2 aliphatic rings. The van der Waals surface area contributed by atoms with Gasteiger partial charge in [0.15, 0.2) is 5.69 Å². The first-order valence-electron chi connectivity index (χ1n) is 9.69. The number of aromatic nitrogens is 2. The summed E-state index contributed by atoms with van der Waals surface area (Å²) in [7, 11) is 0. The molecule has 1 amide bonds. The number of hydrogen-bond acceptors (Lipinski definition) is 3. The van der Waals surface area contributed by atoms with Crippen molar-refractivity contribution in [2.24, 2.45) is 0 Å². The van der Waals surface area contributed by atoms with E-state index in [0.29, 0.717) is 50.2 Å². The van der Waals surface area contributed by atoms with Gasteiger partial charge < -0.3 is 10.2 Å². The Hall–Kier alpha value is -2.42. The fourth-order valence-corrected chi connectivity index (χ4v) is 4.35. The molecule has 2 aliphatic heterocycles. The molecule has 1 aromatic carbocycles. The highest BCUT2D eigenvalue weighted by atomic mass is 19.4. The summed E-state index contributed by atoms with van der Waals surface area (Å²) in [6.45, 7) is 3.62. The molecule has 0 aliphatic carbocycles. The Kier molecular flexibility index (Phi) is 5.10. The largest absolute Gasteiger partial charge is 0.419 e. The van der Waals surface area contributed by atoms with E-state index in [2.05, 4.69) is 15.5 Å². The van der Waals surface area contributed by atoms with Gasteiger partial charge in [-0.15, -0.1) is 0 Å². The number of fused-ring (bicyclic) bond motifs is 1. The Balaban J connectivity index is 1.52. The fourth-order valence-electron chi connectivity index (χ4n) is 4.35. The molecule has 0 radical (unpaired) electrons. The van der Waals surface area contributed by atoms with E-state index >= 15 is 0 Å². The van der Waals surface area contributed by atoms with Crippen molar-refractivity contribution < 1.29 is 22.4 Å². The lowest BCUT2D eigenvalue weighted by atomic mass is 9.85. The number of aromatic amines is 1. The number of carbonyl (C=O) groups excluding carboxylic acids is 1. The number of nitrogens with zero attached hydrogens (tertiary/aromatic N) is 2. The van der Waals surface area contributed by atoms with Gasteiger partial charge in [-0.1, -0.05) is 6.07 Å². The van der Waals surface area contributed by atoms with Crippen LogP contribution in [0.3, 0.4) is 0 Å². The van der Waals surface area contributed by atoms with Crippen LogP contribution in [0.4, 0.5) is 17.6 Å². The molecule has 0 bridgehead atoms. The van der Waals surface area contributed by atoms with Crippen LogP contribution in [0.25, 0.3) is 0 Å². The Labute approximate surface area is 165 Å². The highest BCUT2D eigenvalue weighted by Gasteiger charge is 2.40. The minimum Gasteiger partial charge on any atom is -0.337 e. The van der Waals surface area contributed by atoms with E-state index in [1.165, 1.54) is 6.07 Å². The number of rotatable bonds is 2. The van der Waals surface area contributed by atoms with Crippen molar-refractivity contribution in [1.82, 2.24) is 20.4 Å².